The quantitative estimate of drug-likeness (QED) is 0.608. The lowest BCUT2D eigenvalue weighted by molar-refractivity contribution is -0.140. The minimum Gasteiger partial charge on any atom is -0.354 e. The van der Waals surface area contributed by atoms with Crippen LogP contribution in [0.15, 0.2) is 46.9 Å². The Balaban J connectivity index is 2.28. The van der Waals surface area contributed by atoms with Gasteiger partial charge in [-0.1, -0.05) is 52.7 Å². The maximum absolute atomic E-state index is 14.1. The molecule has 2 aromatic carbocycles. The molecule has 0 heterocycles. The van der Waals surface area contributed by atoms with Crippen LogP contribution in [0.25, 0.3) is 0 Å². The van der Waals surface area contributed by atoms with E-state index in [9.17, 15) is 14.0 Å². The van der Waals surface area contributed by atoms with Gasteiger partial charge in [-0.05, 0) is 43.2 Å². The predicted octanol–water partition coefficient (Wildman–Crippen LogP) is 4.73. The van der Waals surface area contributed by atoms with E-state index in [1.807, 2.05) is 31.2 Å². The third kappa shape index (κ3) is 6.04. The number of benzene rings is 2. The summed E-state index contributed by atoms with van der Waals surface area (Å²) in [4.78, 5) is 27.0. The third-order valence-electron chi connectivity index (χ3n) is 4.35. The molecule has 0 fully saturated rings. The van der Waals surface area contributed by atoms with Crippen LogP contribution >= 0.6 is 27.5 Å². The van der Waals surface area contributed by atoms with Gasteiger partial charge in [-0.15, -0.1) is 0 Å². The highest BCUT2D eigenvalue weighted by Crippen LogP contribution is 2.22. The molecule has 2 rings (SSSR count). The smallest absolute Gasteiger partial charge is 0.242 e. The molecule has 150 valence electrons. The van der Waals surface area contributed by atoms with E-state index in [4.69, 9.17) is 11.6 Å². The van der Waals surface area contributed by atoms with E-state index >= 15 is 0 Å². The number of amides is 2. The van der Waals surface area contributed by atoms with Gasteiger partial charge >= 0.3 is 0 Å². The number of nitrogens with zero attached hydrogens (tertiary/aromatic N) is 1. The molecule has 2 aromatic rings. The van der Waals surface area contributed by atoms with Crippen LogP contribution in [0, 0.1) is 5.82 Å². The summed E-state index contributed by atoms with van der Waals surface area (Å²) in [6, 6.07) is 11.1. The maximum Gasteiger partial charge on any atom is 0.242 e. The molecule has 2 amide bonds. The molecule has 1 atom stereocenters. The Labute approximate surface area is 178 Å². The summed E-state index contributed by atoms with van der Waals surface area (Å²) in [5.74, 6) is -1.15. The first-order chi connectivity index (χ1) is 13.3. The van der Waals surface area contributed by atoms with E-state index < -0.39 is 11.9 Å². The zero-order chi connectivity index (χ0) is 20.7. The van der Waals surface area contributed by atoms with E-state index in [1.165, 1.54) is 17.0 Å². The number of hydrogen-bond donors (Lipinski definition) is 1. The van der Waals surface area contributed by atoms with Crippen LogP contribution in [0.5, 0.6) is 0 Å². The molecule has 1 N–H and O–H groups in total. The molecule has 0 radical (unpaired) electrons. The highest BCUT2D eigenvalue weighted by Gasteiger charge is 2.27. The molecule has 0 aliphatic heterocycles. The topological polar surface area (TPSA) is 49.4 Å². The summed E-state index contributed by atoms with van der Waals surface area (Å²) in [5.41, 5.74) is 0.993. The first kappa shape index (κ1) is 22.4. The summed E-state index contributed by atoms with van der Waals surface area (Å²) in [5, 5.41) is 3.00. The zero-order valence-corrected chi connectivity index (χ0v) is 18.2. The molecular formula is C21H23BrClFN2O2. The second-order valence-corrected chi connectivity index (χ2v) is 7.82. The second kappa shape index (κ2) is 10.6. The first-order valence-electron chi connectivity index (χ1n) is 9.08. The van der Waals surface area contributed by atoms with Crippen LogP contribution in [0.3, 0.4) is 0 Å². The molecule has 0 aromatic heterocycles. The zero-order valence-electron chi connectivity index (χ0n) is 15.8. The number of nitrogens with one attached hydrogen (secondary N) is 1. The van der Waals surface area contributed by atoms with Crippen molar-refractivity contribution in [2.75, 3.05) is 6.54 Å². The number of halogens is 3. The predicted molar refractivity (Wildman–Crippen MR) is 113 cm³/mol. The second-order valence-electron chi connectivity index (χ2n) is 6.50. The van der Waals surface area contributed by atoms with Crippen molar-refractivity contribution in [1.82, 2.24) is 10.2 Å². The van der Waals surface area contributed by atoms with Crippen LogP contribution in [0.1, 0.15) is 31.4 Å². The first-order valence-corrected chi connectivity index (χ1v) is 10.2. The van der Waals surface area contributed by atoms with E-state index in [1.54, 1.807) is 13.0 Å². The van der Waals surface area contributed by atoms with Crippen molar-refractivity contribution in [3.63, 3.8) is 0 Å². The SMILES string of the molecule is CCCNC(=O)[C@H](C)N(Cc1cccc(Br)c1)C(=O)Cc1c(F)cccc1Cl. The average molecular weight is 470 g/mol. The van der Waals surface area contributed by atoms with Crippen molar-refractivity contribution in [2.24, 2.45) is 0 Å². The summed E-state index contributed by atoms with van der Waals surface area (Å²) in [6.07, 6.45) is 0.577. The number of carbonyl (C=O) groups excluding carboxylic acids is 2. The van der Waals surface area contributed by atoms with E-state index in [0.717, 1.165) is 16.5 Å². The lowest BCUT2D eigenvalue weighted by atomic mass is 10.1. The van der Waals surface area contributed by atoms with Crippen LogP contribution < -0.4 is 5.32 Å². The summed E-state index contributed by atoms with van der Waals surface area (Å²) in [7, 11) is 0. The minimum atomic E-state index is -0.705. The van der Waals surface area contributed by atoms with Gasteiger partial charge < -0.3 is 10.2 Å². The van der Waals surface area contributed by atoms with Crippen LogP contribution in [-0.2, 0) is 22.6 Å². The molecule has 0 saturated heterocycles. The molecule has 0 aliphatic rings. The largest absolute Gasteiger partial charge is 0.354 e. The number of carbonyl (C=O) groups is 2. The molecule has 7 heteroatoms. The summed E-state index contributed by atoms with van der Waals surface area (Å²) < 4.78 is 15.0. The lowest BCUT2D eigenvalue weighted by Gasteiger charge is -2.29. The maximum atomic E-state index is 14.1. The Morgan fingerprint density at radius 2 is 1.96 bits per heavy atom. The average Bonchev–Trinajstić information content (AvgIpc) is 2.66. The summed E-state index contributed by atoms with van der Waals surface area (Å²) in [6.45, 7) is 4.38. The van der Waals surface area contributed by atoms with Crippen molar-refractivity contribution < 1.29 is 14.0 Å². The Hall–Kier alpha value is -1.92. The van der Waals surface area contributed by atoms with Gasteiger partial charge in [-0.2, -0.15) is 0 Å². The number of rotatable bonds is 8. The van der Waals surface area contributed by atoms with Crippen LogP contribution in [0.2, 0.25) is 5.02 Å². The lowest BCUT2D eigenvalue weighted by Crippen LogP contribution is -2.48. The third-order valence-corrected chi connectivity index (χ3v) is 5.20. The molecule has 0 saturated carbocycles. The molecule has 0 aliphatic carbocycles. The van der Waals surface area contributed by atoms with Crippen molar-refractivity contribution in [2.45, 2.75) is 39.3 Å². The van der Waals surface area contributed by atoms with Gasteiger partial charge in [-0.25, -0.2) is 4.39 Å². The fraction of sp³-hybridized carbons (Fsp3) is 0.333. The highest BCUT2D eigenvalue weighted by molar-refractivity contribution is 9.10. The standard InChI is InChI=1S/C21H23BrClFN2O2/c1-3-10-25-21(28)14(2)26(13-15-6-4-7-16(22)11-15)20(27)12-17-18(23)8-5-9-19(17)24/h4-9,11,14H,3,10,12-13H2,1-2H3,(H,25,28)/t14-/m0/s1. The van der Waals surface area contributed by atoms with E-state index in [-0.39, 0.29) is 35.4 Å². The van der Waals surface area contributed by atoms with Gasteiger partial charge in [-0.3, -0.25) is 9.59 Å². The molecule has 0 bridgehead atoms. The van der Waals surface area contributed by atoms with Crippen molar-refractivity contribution in [3.8, 4) is 0 Å². The summed E-state index contributed by atoms with van der Waals surface area (Å²) >= 11 is 9.49. The van der Waals surface area contributed by atoms with Gasteiger partial charge in [0.2, 0.25) is 11.8 Å². The monoisotopic (exact) mass is 468 g/mol. The van der Waals surface area contributed by atoms with Crippen LogP contribution in [-0.4, -0.2) is 29.3 Å². The van der Waals surface area contributed by atoms with Crippen molar-refractivity contribution in [1.29, 1.82) is 0 Å². The normalized spacial score (nSPS) is 11.8. The van der Waals surface area contributed by atoms with Crippen LogP contribution in [0.4, 0.5) is 4.39 Å². The fourth-order valence-corrected chi connectivity index (χ4v) is 3.44. The van der Waals surface area contributed by atoms with Crippen molar-refractivity contribution >= 4 is 39.3 Å². The van der Waals surface area contributed by atoms with Gasteiger partial charge in [0.1, 0.15) is 11.9 Å². The van der Waals surface area contributed by atoms with E-state index in [0.29, 0.717) is 6.54 Å². The Bertz CT molecular complexity index is 827. The molecule has 4 nitrogen and oxygen atoms in total. The Morgan fingerprint density at radius 1 is 1.25 bits per heavy atom. The van der Waals surface area contributed by atoms with E-state index in [2.05, 4.69) is 21.2 Å². The minimum absolute atomic E-state index is 0.134. The number of hydrogen-bond acceptors (Lipinski definition) is 2. The van der Waals surface area contributed by atoms with Gasteiger partial charge in [0.25, 0.3) is 0 Å². The van der Waals surface area contributed by atoms with Gasteiger partial charge in [0, 0.05) is 28.1 Å². The molecular weight excluding hydrogens is 447 g/mol. The molecule has 28 heavy (non-hydrogen) atoms. The van der Waals surface area contributed by atoms with Gasteiger partial charge in [0.15, 0.2) is 0 Å². The van der Waals surface area contributed by atoms with Gasteiger partial charge in [0.05, 0.1) is 6.42 Å². The Kier molecular flexibility index (Phi) is 8.45. The highest BCUT2D eigenvalue weighted by atomic mass is 79.9. The molecule has 0 unspecified atom stereocenters. The van der Waals surface area contributed by atoms with Crippen molar-refractivity contribution in [3.05, 3.63) is 68.9 Å². The Morgan fingerprint density at radius 3 is 2.61 bits per heavy atom. The molecule has 0 spiro atoms. The fourth-order valence-electron chi connectivity index (χ4n) is 2.76.